The Labute approximate surface area is 213 Å². The summed E-state index contributed by atoms with van der Waals surface area (Å²) in [6, 6.07) is 7.48. The van der Waals surface area contributed by atoms with Gasteiger partial charge in [-0.15, -0.1) is 0 Å². The van der Waals surface area contributed by atoms with E-state index < -0.39 is 17.9 Å². The maximum Gasteiger partial charge on any atom is 0.330 e. The van der Waals surface area contributed by atoms with Gasteiger partial charge in [0, 0.05) is 0 Å². The van der Waals surface area contributed by atoms with E-state index in [0.717, 1.165) is 44.2 Å². The second-order valence-corrected chi connectivity index (χ2v) is 11.7. The number of allylic oxidation sites excluding steroid dienone is 2. The number of nitrogens with zero attached hydrogens (tertiary/aromatic N) is 1. The fourth-order valence-electron chi connectivity index (χ4n) is 7.93. The molecule has 7 heteroatoms. The summed E-state index contributed by atoms with van der Waals surface area (Å²) in [6.45, 7) is 4.41. The fraction of sp³-hybridized carbons (Fsp3) is 0.621. The van der Waals surface area contributed by atoms with E-state index in [4.69, 9.17) is 4.84 Å². The van der Waals surface area contributed by atoms with Gasteiger partial charge in [-0.3, -0.25) is 4.79 Å². The predicted octanol–water partition coefficient (Wildman–Crippen LogP) is 4.62. The van der Waals surface area contributed by atoms with Gasteiger partial charge >= 0.3 is 5.97 Å². The Morgan fingerprint density at radius 3 is 2.61 bits per heavy atom. The molecule has 36 heavy (non-hydrogen) atoms. The molecule has 1 aromatic rings. The van der Waals surface area contributed by atoms with Gasteiger partial charge in [-0.1, -0.05) is 54.9 Å². The standard InChI is InChI=1S/C29H38N2O5/c1-28-14-12-20(31-36-17-25(33)30-26(27(34)35)18-6-4-3-5-7-18)16-19(28)8-9-21-22-10-11-24(32)29(22,2)15-13-23(21)28/h3-7,16,21-24,26,32H,8-15,17H2,1-2H3,(H,30,33)(H,34,35)/b31-20+/t21-,22-,23-,24-,26-,28-,29-/m0/s1. The molecular formula is C29H38N2O5. The zero-order valence-electron chi connectivity index (χ0n) is 21.3. The summed E-state index contributed by atoms with van der Waals surface area (Å²) in [5.41, 5.74) is 3.06. The Kier molecular flexibility index (Phi) is 6.70. The number of hydrogen-bond acceptors (Lipinski definition) is 5. The number of hydrogen-bond donors (Lipinski definition) is 3. The lowest BCUT2D eigenvalue weighted by molar-refractivity contribution is -0.142. The molecule has 5 rings (SSSR count). The van der Waals surface area contributed by atoms with Gasteiger partial charge in [0.1, 0.15) is 0 Å². The van der Waals surface area contributed by atoms with Crippen LogP contribution in [0.5, 0.6) is 0 Å². The van der Waals surface area contributed by atoms with E-state index in [-0.39, 0.29) is 23.5 Å². The molecule has 194 valence electrons. The highest BCUT2D eigenvalue weighted by Crippen LogP contribution is 2.65. The maximum atomic E-state index is 12.3. The summed E-state index contributed by atoms with van der Waals surface area (Å²) in [6.07, 6.45) is 10.5. The van der Waals surface area contributed by atoms with Gasteiger partial charge < -0.3 is 20.4 Å². The van der Waals surface area contributed by atoms with Crippen LogP contribution < -0.4 is 5.32 Å². The van der Waals surface area contributed by atoms with Crippen LogP contribution in [-0.2, 0) is 14.4 Å². The minimum Gasteiger partial charge on any atom is -0.479 e. The van der Waals surface area contributed by atoms with Crippen molar-refractivity contribution in [2.45, 2.75) is 77.4 Å². The summed E-state index contributed by atoms with van der Waals surface area (Å²) in [5, 5.41) is 26.9. The first-order chi connectivity index (χ1) is 17.2. The average Bonchev–Trinajstić information content (AvgIpc) is 3.17. The molecular weight excluding hydrogens is 456 g/mol. The van der Waals surface area contributed by atoms with E-state index in [1.807, 2.05) is 0 Å². The number of carbonyl (C=O) groups is 2. The van der Waals surface area contributed by atoms with Crippen molar-refractivity contribution in [3.63, 3.8) is 0 Å². The van der Waals surface area contributed by atoms with Crippen molar-refractivity contribution < 1.29 is 24.6 Å². The van der Waals surface area contributed by atoms with Crippen LogP contribution in [0.1, 0.15) is 76.8 Å². The van der Waals surface area contributed by atoms with Crippen LogP contribution in [0.3, 0.4) is 0 Å². The van der Waals surface area contributed by atoms with Crippen LogP contribution >= 0.6 is 0 Å². The van der Waals surface area contributed by atoms with E-state index in [1.165, 1.54) is 18.4 Å². The molecule has 0 spiro atoms. The van der Waals surface area contributed by atoms with Crippen molar-refractivity contribution in [3.8, 4) is 0 Å². The van der Waals surface area contributed by atoms with Gasteiger partial charge in [-0.25, -0.2) is 4.79 Å². The normalized spacial score (nSPS) is 37.2. The number of amides is 1. The number of aliphatic hydroxyl groups excluding tert-OH is 1. The minimum absolute atomic E-state index is 0.0919. The fourth-order valence-corrected chi connectivity index (χ4v) is 7.93. The molecule has 1 amide bonds. The number of carboxylic acids is 1. The number of carbonyl (C=O) groups excluding carboxylic acids is 1. The molecule has 7 atom stereocenters. The van der Waals surface area contributed by atoms with Crippen LogP contribution in [0, 0.1) is 28.6 Å². The van der Waals surface area contributed by atoms with Gasteiger partial charge in [-0.05, 0) is 91.6 Å². The van der Waals surface area contributed by atoms with Gasteiger partial charge in [-0.2, -0.15) is 0 Å². The molecule has 0 aliphatic heterocycles. The van der Waals surface area contributed by atoms with Crippen molar-refractivity contribution >= 4 is 17.6 Å². The summed E-state index contributed by atoms with van der Waals surface area (Å²) in [4.78, 5) is 29.3. The van der Waals surface area contributed by atoms with Crippen LogP contribution in [0.2, 0.25) is 0 Å². The van der Waals surface area contributed by atoms with Crippen LogP contribution in [0.25, 0.3) is 0 Å². The molecule has 3 saturated carbocycles. The van der Waals surface area contributed by atoms with E-state index in [1.54, 1.807) is 30.3 Å². The number of aliphatic carboxylic acids is 1. The molecule has 7 nitrogen and oxygen atoms in total. The predicted molar refractivity (Wildman–Crippen MR) is 136 cm³/mol. The van der Waals surface area contributed by atoms with Gasteiger partial charge in [0.15, 0.2) is 12.6 Å². The Balaban J connectivity index is 1.21. The van der Waals surface area contributed by atoms with Crippen molar-refractivity contribution in [1.82, 2.24) is 5.32 Å². The monoisotopic (exact) mass is 494 g/mol. The number of benzene rings is 1. The Morgan fingerprint density at radius 1 is 1.08 bits per heavy atom. The first kappa shape index (κ1) is 25.0. The largest absolute Gasteiger partial charge is 0.479 e. The summed E-state index contributed by atoms with van der Waals surface area (Å²) in [7, 11) is 0. The van der Waals surface area contributed by atoms with Gasteiger partial charge in [0.2, 0.25) is 0 Å². The number of aliphatic hydroxyl groups is 1. The van der Waals surface area contributed by atoms with Crippen LogP contribution in [-0.4, -0.2) is 40.5 Å². The molecule has 1 aromatic carbocycles. The maximum absolute atomic E-state index is 12.3. The third kappa shape index (κ3) is 4.36. The van der Waals surface area contributed by atoms with Crippen molar-refractivity contribution in [3.05, 3.63) is 47.5 Å². The van der Waals surface area contributed by atoms with Crippen molar-refractivity contribution in [2.75, 3.05) is 6.61 Å². The van der Waals surface area contributed by atoms with E-state index in [9.17, 15) is 19.8 Å². The molecule has 3 N–H and O–H groups in total. The first-order valence-corrected chi connectivity index (χ1v) is 13.4. The quantitative estimate of drug-likeness (QED) is 0.500. The Bertz CT molecular complexity index is 1070. The highest BCUT2D eigenvalue weighted by molar-refractivity contribution is 5.96. The van der Waals surface area contributed by atoms with Gasteiger partial charge in [0.25, 0.3) is 5.91 Å². The zero-order valence-corrected chi connectivity index (χ0v) is 21.3. The SMILES string of the molecule is C[C@]12CC[C@H]3[C@@H](CCC4=C/C(=N/OCC(=O)N[C@H](C(=O)O)c5ccccc5)CC[C@@]43C)[C@@H]1CC[C@@H]2O. The topological polar surface area (TPSA) is 108 Å². The Morgan fingerprint density at radius 2 is 1.86 bits per heavy atom. The minimum atomic E-state index is -1.12. The molecule has 4 aliphatic rings. The highest BCUT2D eigenvalue weighted by atomic mass is 16.6. The first-order valence-electron chi connectivity index (χ1n) is 13.4. The van der Waals surface area contributed by atoms with Crippen molar-refractivity contribution in [2.24, 2.45) is 33.7 Å². The molecule has 0 heterocycles. The van der Waals surface area contributed by atoms with Crippen molar-refractivity contribution in [1.29, 1.82) is 0 Å². The lowest BCUT2D eigenvalue weighted by atomic mass is 9.47. The molecule has 0 radical (unpaired) electrons. The number of oxime groups is 1. The summed E-state index contributed by atoms with van der Waals surface area (Å²) < 4.78 is 0. The highest BCUT2D eigenvalue weighted by Gasteiger charge is 2.58. The smallest absolute Gasteiger partial charge is 0.330 e. The molecule has 0 aromatic heterocycles. The third-order valence-electron chi connectivity index (χ3n) is 9.99. The molecule has 0 unspecified atom stereocenters. The number of fused-ring (bicyclic) bond motifs is 5. The molecule has 3 fully saturated rings. The van der Waals surface area contributed by atoms with Crippen LogP contribution in [0.15, 0.2) is 47.1 Å². The van der Waals surface area contributed by atoms with Gasteiger partial charge in [0.05, 0.1) is 11.8 Å². The second-order valence-electron chi connectivity index (χ2n) is 11.7. The third-order valence-corrected chi connectivity index (χ3v) is 9.99. The number of nitrogens with one attached hydrogen (secondary N) is 1. The molecule has 4 aliphatic carbocycles. The van der Waals surface area contributed by atoms with Crippen LogP contribution in [0.4, 0.5) is 0 Å². The Hall–Kier alpha value is -2.67. The summed E-state index contributed by atoms with van der Waals surface area (Å²) in [5.74, 6) is 0.330. The lowest BCUT2D eigenvalue weighted by Crippen LogP contribution is -2.51. The zero-order chi connectivity index (χ0) is 25.5. The molecule has 0 bridgehead atoms. The van der Waals surface area contributed by atoms with E-state index in [2.05, 4.69) is 30.4 Å². The average molecular weight is 495 g/mol. The number of rotatable bonds is 6. The van der Waals surface area contributed by atoms with E-state index in [0.29, 0.717) is 23.3 Å². The molecule has 0 saturated heterocycles. The second kappa shape index (κ2) is 9.66. The van der Waals surface area contributed by atoms with E-state index >= 15 is 0 Å². The summed E-state index contributed by atoms with van der Waals surface area (Å²) >= 11 is 0. The number of carboxylic acid groups (broad SMARTS) is 1. The lowest BCUT2D eigenvalue weighted by Gasteiger charge is -2.57.